The molecule has 6 heteroatoms. The Morgan fingerprint density at radius 1 is 1.20 bits per heavy atom. The minimum atomic E-state index is -0.864. The molecular weight excluding hydrogens is 260 g/mol. The van der Waals surface area contributed by atoms with Crippen molar-refractivity contribution in [3.05, 3.63) is 0 Å². The van der Waals surface area contributed by atoms with E-state index in [4.69, 9.17) is 5.11 Å². The van der Waals surface area contributed by atoms with Crippen molar-refractivity contribution in [1.29, 1.82) is 0 Å². The Morgan fingerprint density at radius 3 is 2.30 bits per heavy atom. The van der Waals surface area contributed by atoms with Gasteiger partial charge in [-0.1, -0.05) is 0 Å². The van der Waals surface area contributed by atoms with Crippen molar-refractivity contribution in [3.8, 4) is 0 Å². The summed E-state index contributed by atoms with van der Waals surface area (Å²) < 4.78 is 0. The first-order valence-corrected chi connectivity index (χ1v) is 7.22. The molecule has 0 aromatic rings. The fourth-order valence-corrected chi connectivity index (χ4v) is 1.92. The molecule has 1 fully saturated rings. The van der Waals surface area contributed by atoms with Gasteiger partial charge in [-0.15, -0.1) is 0 Å². The van der Waals surface area contributed by atoms with Gasteiger partial charge in [0.1, 0.15) is 0 Å². The summed E-state index contributed by atoms with van der Waals surface area (Å²) in [6.07, 6.45) is 3.48. The first-order valence-electron chi connectivity index (χ1n) is 7.22. The molecule has 0 atom stereocenters. The fourth-order valence-electron chi connectivity index (χ4n) is 1.92. The van der Waals surface area contributed by atoms with Crippen molar-refractivity contribution < 1.29 is 19.5 Å². The SMILES string of the molecule is CC(C)N(CC1CC1)C(=O)NC(=O)CCCCC(=O)O. The quantitative estimate of drug-likeness (QED) is 0.667. The Morgan fingerprint density at radius 2 is 1.80 bits per heavy atom. The van der Waals surface area contributed by atoms with Crippen LogP contribution in [0, 0.1) is 5.92 Å². The Balaban J connectivity index is 2.27. The molecule has 1 aliphatic rings. The minimum Gasteiger partial charge on any atom is -0.481 e. The second-order valence-corrected chi connectivity index (χ2v) is 5.64. The van der Waals surface area contributed by atoms with Crippen LogP contribution in [0.1, 0.15) is 52.4 Å². The van der Waals surface area contributed by atoms with Crippen LogP contribution in [0.3, 0.4) is 0 Å². The number of aliphatic carboxylic acids is 1. The highest BCUT2D eigenvalue weighted by Crippen LogP contribution is 2.30. The van der Waals surface area contributed by atoms with Crippen LogP contribution in [-0.4, -0.2) is 40.5 Å². The van der Waals surface area contributed by atoms with Crippen LogP contribution in [-0.2, 0) is 9.59 Å². The van der Waals surface area contributed by atoms with Crippen molar-refractivity contribution in [2.75, 3.05) is 6.54 Å². The summed E-state index contributed by atoms with van der Waals surface area (Å²) >= 11 is 0. The molecule has 0 heterocycles. The van der Waals surface area contributed by atoms with Crippen LogP contribution in [0.25, 0.3) is 0 Å². The van der Waals surface area contributed by atoms with Crippen molar-refractivity contribution in [3.63, 3.8) is 0 Å². The van der Waals surface area contributed by atoms with E-state index in [1.165, 1.54) is 0 Å². The maximum atomic E-state index is 12.0. The van der Waals surface area contributed by atoms with E-state index in [0.29, 0.717) is 25.3 Å². The van der Waals surface area contributed by atoms with Crippen LogP contribution in [0.15, 0.2) is 0 Å². The summed E-state index contributed by atoms with van der Waals surface area (Å²) in [6.45, 7) is 4.56. The van der Waals surface area contributed by atoms with Gasteiger partial charge < -0.3 is 10.0 Å². The van der Waals surface area contributed by atoms with Gasteiger partial charge in [0.05, 0.1) is 0 Å². The number of carboxylic acid groups (broad SMARTS) is 1. The molecular formula is C14H24N2O4. The second kappa shape index (κ2) is 7.87. The number of urea groups is 1. The van der Waals surface area contributed by atoms with Crippen LogP contribution in [0.4, 0.5) is 4.79 Å². The third-order valence-electron chi connectivity index (χ3n) is 3.33. The minimum absolute atomic E-state index is 0.0566. The number of nitrogens with one attached hydrogen (secondary N) is 1. The maximum Gasteiger partial charge on any atom is 0.324 e. The number of nitrogens with zero attached hydrogens (tertiary/aromatic N) is 1. The van der Waals surface area contributed by atoms with Crippen molar-refractivity contribution >= 4 is 17.9 Å². The first kappa shape index (κ1) is 16.5. The average molecular weight is 284 g/mol. The molecule has 3 amide bonds. The summed E-state index contributed by atoms with van der Waals surface area (Å²) in [5.74, 6) is -0.618. The standard InChI is InChI=1S/C14H24N2O4/c1-10(2)16(9-11-7-8-11)14(20)15-12(17)5-3-4-6-13(18)19/h10-11H,3-9H2,1-2H3,(H,18,19)(H,15,17,20). The molecule has 0 aromatic carbocycles. The third kappa shape index (κ3) is 6.54. The van der Waals surface area contributed by atoms with E-state index in [0.717, 1.165) is 12.8 Å². The van der Waals surface area contributed by atoms with E-state index in [9.17, 15) is 14.4 Å². The monoisotopic (exact) mass is 284 g/mol. The van der Waals surface area contributed by atoms with E-state index in [2.05, 4.69) is 5.32 Å². The molecule has 0 aromatic heterocycles. The molecule has 20 heavy (non-hydrogen) atoms. The second-order valence-electron chi connectivity index (χ2n) is 5.64. The highest BCUT2D eigenvalue weighted by Gasteiger charge is 2.28. The zero-order valence-electron chi connectivity index (χ0n) is 12.2. The van der Waals surface area contributed by atoms with Gasteiger partial charge in [0.2, 0.25) is 5.91 Å². The van der Waals surface area contributed by atoms with E-state index in [1.807, 2.05) is 13.8 Å². The summed E-state index contributed by atoms with van der Waals surface area (Å²) in [4.78, 5) is 35.6. The number of hydrogen-bond donors (Lipinski definition) is 2. The van der Waals surface area contributed by atoms with E-state index >= 15 is 0 Å². The van der Waals surface area contributed by atoms with Crippen LogP contribution in [0.2, 0.25) is 0 Å². The van der Waals surface area contributed by atoms with Gasteiger partial charge >= 0.3 is 12.0 Å². The summed E-state index contributed by atoms with van der Waals surface area (Å²) in [7, 11) is 0. The van der Waals surface area contributed by atoms with Crippen molar-refractivity contribution in [2.24, 2.45) is 5.92 Å². The Labute approximate surface area is 119 Å². The van der Waals surface area contributed by atoms with E-state index in [1.54, 1.807) is 4.90 Å². The van der Waals surface area contributed by atoms with Crippen LogP contribution >= 0.6 is 0 Å². The molecule has 1 aliphatic carbocycles. The smallest absolute Gasteiger partial charge is 0.324 e. The molecule has 0 radical (unpaired) electrons. The number of carbonyl (C=O) groups excluding carboxylic acids is 2. The molecule has 0 aliphatic heterocycles. The van der Waals surface area contributed by atoms with Gasteiger partial charge in [-0.05, 0) is 45.4 Å². The number of carbonyl (C=O) groups is 3. The Kier molecular flexibility index (Phi) is 6.48. The van der Waals surface area contributed by atoms with Gasteiger partial charge in [-0.3, -0.25) is 14.9 Å². The van der Waals surface area contributed by atoms with E-state index in [-0.39, 0.29) is 30.8 Å². The molecule has 1 saturated carbocycles. The lowest BCUT2D eigenvalue weighted by atomic mass is 10.2. The molecule has 0 spiro atoms. The normalized spacial score (nSPS) is 14.2. The Hall–Kier alpha value is -1.59. The average Bonchev–Trinajstić information content (AvgIpc) is 3.14. The Bertz CT molecular complexity index is 364. The molecule has 6 nitrogen and oxygen atoms in total. The summed E-state index contributed by atoms with van der Waals surface area (Å²) in [5, 5.41) is 10.9. The number of hydrogen-bond acceptors (Lipinski definition) is 3. The highest BCUT2D eigenvalue weighted by molar-refractivity contribution is 5.94. The highest BCUT2D eigenvalue weighted by atomic mass is 16.4. The van der Waals surface area contributed by atoms with E-state index < -0.39 is 5.97 Å². The number of amides is 3. The zero-order chi connectivity index (χ0) is 15.1. The molecule has 0 saturated heterocycles. The van der Waals surface area contributed by atoms with Gasteiger partial charge in [0.25, 0.3) is 0 Å². The lowest BCUT2D eigenvalue weighted by Gasteiger charge is -2.26. The maximum absolute atomic E-state index is 12.0. The number of unbranched alkanes of at least 4 members (excludes halogenated alkanes) is 1. The third-order valence-corrected chi connectivity index (χ3v) is 3.33. The van der Waals surface area contributed by atoms with Gasteiger partial charge in [-0.25, -0.2) is 4.79 Å². The molecule has 114 valence electrons. The lowest BCUT2D eigenvalue weighted by molar-refractivity contribution is -0.137. The predicted molar refractivity (Wildman–Crippen MR) is 74.2 cm³/mol. The molecule has 1 rings (SSSR count). The zero-order valence-corrected chi connectivity index (χ0v) is 12.2. The van der Waals surface area contributed by atoms with Gasteiger partial charge in [0.15, 0.2) is 0 Å². The summed E-state index contributed by atoms with van der Waals surface area (Å²) in [5.41, 5.74) is 0. The largest absolute Gasteiger partial charge is 0.481 e. The number of carboxylic acids is 1. The van der Waals surface area contributed by atoms with Crippen molar-refractivity contribution in [1.82, 2.24) is 10.2 Å². The number of imide groups is 1. The van der Waals surface area contributed by atoms with Crippen molar-refractivity contribution in [2.45, 2.75) is 58.4 Å². The molecule has 0 bridgehead atoms. The van der Waals surface area contributed by atoms with Crippen LogP contribution in [0.5, 0.6) is 0 Å². The first-order chi connectivity index (χ1) is 9.40. The topological polar surface area (TPSA) is 86.7 Å². The summed E-state index contributed by atoms with van der Waals surface area (Å²) in [6, 6.07) is -0.273. The number of rotatable bonds is 8. The van der Waals surface area contributed by atoms with Crippen LogP contribution < -0.4 is 5.32 Å². The van der Waals surface area contributed by atoms with Gasteiger partial charge in [-0.2, -0.15) is 0 Å². The van der Waals surface area contributed by atoms with Gasteiger partial charge in [0, 0.05) is 25.4 Å². The predicted octanol–water partition coefficient (Wildman–Crippen LogP) is 1.99. The molecule has 0 unspecified atom stereocenters. The fraction of sp³-hybridized carbons (Fsp3) is 0.786. The lowest BCUT2D eigenvalue weighted by Crippen LogP contribution is -2.47. The molecule has 2 N–H and O–H groups in total.